The highest BCUT2D eigenvalue weighted by Gasteiger charge is 2.42. The van der Waals surface area contributed by atoms with Crippen LogP contribution in [0, 0.1) is 0 Å². The quantitative estimate of drug-likeness (QED) is 0.845. The Hall–Kier alpha value is -2.32. The molecule has 134 valence electrons. The molecule has 0 radical (unpaired) electrons. The molecular weight excluding hydrogens is 370 g/mol. The number of nitrogens with one attached hydrogen (secondary N) is 2. The summed E-state index contributed by atoms with van der Waals surface area (Å²) in [6, 6.07) is 16.2. The number of hydrogen-bond acceptors (Lipinski definition) is 6. The molecule has 0 saturated carbocycles. The lowest BCUT2D eigenvalue weighted by molar-refractivity contribution is 0.102. The van der Waals surface area contributed by atoms with Gasteiger partial charge in [0, 0.05) is 22.2 Å². The highest BCUT2D eigenvalue weighted by Crippen LogP contribution is 2.34. The molecule has 1 fully saturated rings. The zero-order chi connectivity index (χ0) is 18.1. The lowest BCUT2D eigenvalue weighted by atomic mass is 10.2. The van der Waals surface area contributed by atoms with E-state index in [1.165, 1.54) is 11.8 Å². The van der Waals surface area contributed by atoms with Crippen molar-refractivity contribution in [3.8, 4) is 0 Å². The summed E-state index contributed by atoms with van der Waals surface area (Å²) >= 11 is 1.47. The van der Waals surface area contributed by atoms with E-state index in [1.54, 1.807) is 12.1 Å². The van der Waals surface area contributed by atoms with Crippen molar-refractivity contribution in [1.29, 1.82) is 0 Å². The van der Waals surface area contributed by atoms with Gasteiger partial charge in [-0.05, 0) is 36.4 Å². The molecule has 0 bridgehead atoms. The third-order valence-electron chi connectivity index (χ3n) is 4.25. The number of amidine groups is 1. The van der Waals surface area contributed by atoms with Crippen LogP contribution in [0.4, 0.5) is 11.4 Å². The zero-order valence-corrected chi connectivity index (χ0v) is 15.4. The molecule has 8 heteroatoms. The molecule has 2 aromatic rings. The first-order chi connectivity index (χ1) is 12.5. The fourth-order valence-corrected chi connectivity index (χ4v) is 6.65. The summed E-state index contributed by atoms with van der Waals surface area (Å²) in [5.74, 6) is 0.152. The van der Waals surface area contributed by atoms with Crippen LogP contribution in [0.3, 0.4) is 0 Å². The number of carbonyl (C=O) groups is 1. The third kappa shape index (κ3) is 3.76. The summed E-state index contributed by atoms with van der Waals surface area (Å²) in [4.78, 5) is 16.7. The molecule has 0 spiro atoms. The SMILES string of the molecule is O=C(Nc1ccccc1)c1ccc(NC2=N[C@@H]3CS(=O)(=O)C[C@@H]3S2)cc1. The molecule has 2 aliphatic heterocycles. The normalized spacial score (nSPS) is 23.2. The van der Waals surface area contributed by atoms with Gasteiger partial charge in [-0.25, -0.2) is 8.42 Å². The number of thioether (sulfide) groups is 1. The lowest BCUT2D eigenvalue weighted by Crippen LogP contribution is -2.13. The van der Waals surface area contributed by atoms with Crippen LogP contribution >= 0.6 is 11.8 Å². The molecule has 1 saturated heterocycles. The largest absolute Gasteiger partial charge is 0.335 e. The number of benzene rings is 2. The maximum Gasteiger partial charge on any atom is 0.255 e. The first-order valence-corrected chi connectivity index (χ1v) is 10.9. The van der Waals surface area contributed by atoms with Gasteiger partial charge in [0.2, 0.25) is 0 Å². The minimum absolute atomic E-state index is 0.0124. The molecule has 0 aliphatic carbocycles. The summed E-state index contributed by atoms with van der Waals surface area (Å²) in [5, 5.41) is 6.79. The van der Waals surface area contributed by atoms with Crippen molar-refractivity contribution in [3.05, 3.63) is 60.2 Å². The molecule has 6 nitrogen and oxygen atoms in total. The third-order valence-corrected chi connectivity index (χ3v) is 7.39. The minimum atomic E-state index is -2.94. The average Bonchev–Trinajstić information content (AvgIpc) is 3.09. The summed E-state index contributed by atoms with van der Waals surface area (Å²) in [5.41, 5.74) is 2.12. The lowest BCUT2D eigenvalue weighted by Gasteiger charge is -2.08. The molecule has 2 heterocycles. The van der Waals surface area contributed by atoms with Crippen molar-refractivity contribution in [2.75, 3.05) is 22.1 Å². The van der Waals surface area contributed by atoms with Crippen LogP contribution in [0.5, 0.6) is 0 Å². The van der Waals surface area contributed by atoms with Gasteiger partial charge in [-0.2, -0.15) is 0 Å². The number of hydrogen-bond donors (Lipinski definition) is 2. The van der Waals surface area contributed by atoms with E-state index >= 15 is 0 Å². The maximum atomic E-state index is 12.2. The molecule has 0 aromatic heterocycles. The molecule has 0 unspecified atom stereocenters. The number of amides is 1. The maximum absolute atomic E-state index is 12.2. The first-order valence-electron chi connectivity index (χ1n) is 8.17. The number of sulfone groups is 1. The van der Waals surface area contributed by atoms with Gasteiger partial charge in [-0.15, -0.1) is 0 Å². The smallest absolute Gasteiger partial charge is 0.255 e. The Labute approximate surface area is 156 Å². The van der Waals surface area contributed by atoms with Crippen molar-refractivity contribution in [1.82, 2.24) is 0 Å². The van der Waals surface area contributed by atoms with E-state index in [4.69, 9.17) is 0 Å². The van der Waals surface area contributed by atoms with Crippen LogP contribution in [0.15, 0.2) is 59.6 Å². The molecular formula is C18H17N3O3S2. The average molecular weight is 387 g/mol. The number of nitrogens with zero attached hydrogens (tertiary/aromatic N) is 1. The van der Waals surface area contributed by atoms with Crippen LogP contribution in [0.1, 0.15) is 10.4 Å². The van der Waals surface area contributed by atoms with Gasteiger partial charge in [-0.1, -0.05) is 30.0 Å². The minimum Gasteiger partial charge on any atom is -0.335 e. The second kappa shape index (κ2) is 6.77. The summed E-state index contributed by atoms with van der Waals surface area (Å²) in [7, 11) is -2.94. The van der Waals surface area contributed by atoms with Crippen molar-refractivity contribution < 1.29 is 13.2 Å². The van der Waals surface area contributed by atoms with Crippen molar-refractivity contribution in [3.63, 3.8) is 0 Å². The van der Waals surface area contributed by atoms with E-state index in [2.05, 4.69) is 15.6 Å². The van der Waals surface area contributed by atoms with E-state index in [1.807, 2.05) is 42.5 Å². The predicted molar refractivity (Wildman–Crippen MR) is 106 cm³/mol. The monoisotopic (exact) mass is 387 g/mol. The Kier molecular flexibility index (Phi) is 4.46. The predicted octanol–water partition coefficient (Wildman–Crippen LogP) is 2.62. The number of aliphatic imine (C=N–C) groups is 1. The van der Waals surface area contributed by atoms with Crippen LogP contribution in [0.2, 0.25) is 0 Å². The van der Waals surface area contributed by atoms with E-state index in [9.17, 15) is 13.2 Å². The highest BCUT2D eigenvalue weighted by atomic mass is 32.2. The van der Waals surface area contributed by atoms with Crippen molar-refractivity contribution >= 4 is 44.0 Å². The van der Waals surface area contributed by atoms with Gasteiger partial charge in [0.25, 0.3) is 5.91 Å². The topological polar surface area (TPSA) is 87.6 Å². The zero-order valence-electron chi connectivity index (χ0n) is 13.8. The second-order valence-corrected chi connectivity index (χ2v) is 9.64. The fourth-order valence-electron chi connectivity index (χ4n) is 2.97. The van der Waals surface area contributed by atoms with Gasteiger partial charge in [0.05, 0.1) is 17.5 Å². The molecule has 2 atom stereocenters. The first kappa shape index (κ1) is 17.1. The number of carbonyl (C=O) groups excluding carboxylic acids is 1. The summed E-state index contributed by atoms with van der Waals surface area (Å²) in [6.45, 7) is 0. The van der Waals surface area contributed by atoms with Crippen molar-refractivity contribution in [2.24, 2.45) is 4.99 Å². The summed E-state index contributed by atoms with van der Waals surface area (Å²) < 4.78 is 23.2. The number of para-hydroxylation sites is 1. The molecule has 1 amide bonds. The van der Waals surface area contributed by atoms with Crippen LogP contribution < -0.4 is 10.6 Å². The standard InChI is InChI=1S/C18H17N3O3S2/c22-17(19-13-4-2-1-3-5-13)12-6-8-14(9-7-12)20-18-21-15-10-26(23,24)11-16(15)25-18/h1-9,15-16H,10-11H2,(H,19,22)(H,20,21)/t15-,16+/m1/s1. The molecule has 26 heavy (non-hydrogen) atoms. The van der Waals surface area contributed by atoms with E-state index in [0.29, 0.717) is 5.56 Å². The van der Waals surface area contributed by atoms with Gasteiger partial charge >= 0.3 is 0 Å². The van der Waals surface area contributed by atoms with Gasteiger partial charge in [-0.3, -0.25) is 9.79 Å². The second-order valence-electron chi connectivity index (χ2n) is 6.26. The number of fused-ring (bicyclic) bond motifs is 1. The van der Waals surface area contributed by atoms with Gasteiger partial charge < -0.3 is 10.6 Å². The van der Waals surface area contributed by atoms with Crippen LogP contribution in [0.25, 0.3) is 0 Å². The summed E-state index contributed by atoms with van der Waals surface area (Å²) in [6.07, 6.45) is 0. The van der Waals surface area contributed by atoms with Gasteiger partial charge in [0.15, 0.2) is 15.0 Å². The Bertz CT molecular complexity index is 957. The molecule has 4 rings (SSSR count). The van der Waals surface area contributed by atoms with Gasteiger partial charge in [0.1, 0.15) is 0 Å². The number of rotatable bonds is 3. The van der Waals surface area contributed by atoms with E-state index in [0.717, 1.165) is 16.5 Å². The molecule has 2 aliphatic rings. The highest BCUT2D eigenvalue weighted by molar-refractivity contribution is 8.15. The number of anilines is 2. The van der Waals surface area contributed by atoms with Crippen molar-refractivity contribution in [2.45, 2.75) is 11.3 Å². The Morgan fingerprint density at radius 3 is 2.42 bits per heavy atom. The molecule has 2 N–H and O–H groups in total. The van der Waals surface area contributed by atoms with Crippen LogP contribution in [-0.2, 0) is 9.84 Å². The fraction of sp³-hybridized carbons (Fsp3) is 0.222. The Morgan fingerprint density at radius 1 is 1.00 bits per heavy atom. The Balaban J connectivity index is 1.39. The van der Waals surface area contributed by atoms with E-state index in [-0.39, 0.29) is 28.7 Å². The van der Waals surface area contributed by atoms with E-state index < -0.39 is 9.84 Å². The van der Waals surface area contributed by atoms with Crippen LogP contribution in [-0.4, -0.2) is 42.3 Å². The Morgan fingerprint density at radius 2 is 1.73 bits per heavy atom. The molecule has 2 aromatic carbocycles.